The first-order valence-corrected chi connectivity index (χ1v) is 10.6. The Morgan fingerprint density at radius 1 is 0.839 bits per heavy atom. The summed E-state index contributed by atoms with van der Waals surface area (Å²) in [6, 6.07) is 21.8. The molecule has 1 aliphatic heterocycles. The second-order valence-corrected chi connectivity index (χ2v) is 8.23. The number of piperazine rings is 1. The Bertz CT molecular complexity index is 1290. The van der Waals surface area contributed by atoms with E-state index in [9.17, 15) is 5.26 Å². The molecule has 0 radical (unpaired) electrons. The van der Waals surface area contributed by atoms with E-state index in [2.05, 4.69) is 81.0 Å². The summed E-state index contributed by atoms with van der Waals surface area (Å²) in [5, 5.41) is 11.9. The Balaban J connectivity index is 1.48. The molecule has 1 saturated heterocycles. The van der Waals surface area contributed by atoms with Crippen molar-refractivity contribution >= 4 is 16.5 Å². The molecule has 5 rings (SSSR count). The van der Waals surface area contributed by atoms with Crippen LogP contribution in [-0.2, 0) is 7.05 Å². The van der Waals surface area contributed by atoms with Gasteiger partial charge in [0, 0.05) is 68.3 Å². The van der Waals surface area contributed by atoms with E-state index in [0.29, 0.717) is 5.56 Å². The number of benzene rings is 2. The van der Waals surface area contributed by atoms with Crippen LogP contribution in [0, 0.1) is 11.3 Å². The lowest BCUT2D eigenvalue weighted by Gasteiger charge is -2.34. The van der Waals surface area contributed by atoms with Crippen LogP contribution in [0.4, 0.5) is 5.69 Å². The number of hydrogen-bond acceptors (Lipinski definition) is 4. The molecule has 2 aromatic heterocycles. The smallest absolute Gasteiger partial charge is 0.101 e. The average Bonchev–Trinajstić information content (AvgIpc) is 3.20. The fourth-order valence-electron chi connectivity index (χ4n) is 4.43. The van der Waals surface area contributed by atoms with Gasteiger partial charge in [-0.25, -0.2) is 0 Å². The zero-order chi connectivity index (χ0) is 21.4. The summed E-state index contributed by atoms with van der Waals surface area (Å²) in [6.07, 6.45) is 3.35. The third-order valence-corrected chi connectivity index (χ3v) is 6.33. The van der Waals surface area contributed by atoms with E-state index in [1.165, 1.54) is 22.0 Å². The molecule has 4 aromatic rings. The van der Waals surface area contributed by atoms with Crippen molar-refractivity contribution in [3.8, 4) is 28.6 Å². The van der Waals surface area contributed by atoms with Crippen molar-refractivity contribution in [2.24, 2.45) is 7.05 Å². The average molecular weight is 408 g/mol. The van der Waals surface area contributed by atoms with E-state index in [4.69, 9.17) is 0 Å². The lowest BCUT2D eigenvalue weighted by molar-refractivity contribution is 0.313. The first-order chi connectivity index (χ1) is 15.1. The number of nitrogens with zero attached hydrogens (tertiary/aromatic N) is 5. The molecule has 0 atom stereocenters. The van der Waals surface area contributed by atoms with E-state index in [1.54, 1.807) is 12.4 Å². The van der Waals surface area contributed by atoms with Crippen LogP contribution < -0.4 is 4.90 Å². The second kappa shape index (κ2) is 7.90. The minimum Gasteiger partial charge on any atom is -0.369 e. The van der Waals surface area contributed by atoms with Crippen LogP contribution in [0.2, 0.25) is 0 Å². The number of likely N-dealkylation sites (N-methyl/N-ethyl adjacent to an activating group) is 1. The van der Waals surface area contributed by atoms with E-state index in [1.807, 2.05) is 13.1 Å². The highest BCUT2D eigenvalue weighted by Gasteiger charge is 2.15. The van der Waals surface area contributed by atoms with Crippen molar-refractivity contribution in [1.29, 1.82) is 5.26 Å². The minimum absolute atomic E-state index is 0.588. The molecule has 0 amide bonds. The van der Waals surface area contributed by atoms with E-state index in [0.717, 1.165) is 43.1 Å². The van der Waals surface area contributed by atoms with Gasteiger partial charge < -0.3 is 14.4 Å². The predicted octanol–water partition coefficient (Wildman–Crippen LogP) is 4.53. The van der Waals surface area contributed by atoms with Crippen molar-refractivity contribution in [2.45, 2.75) is 0 Å². The topological polar surface area (TPSA) is 48.1 Å². The lowest BCUT2D eigenvalue weighted by atomic mass is 10.0. The third-order valence-electron chi connectivity index (χ3n) is 6.33. The molecule has 154 valence electrons. The lowest BCUT2D eigenvalue weighted by Crippen LogP contribution is -2.44. The van der Waals surface area contributed by atoms with Crippen molar-refractivity contribution in [3.05, 3.63) is 72.6 Å². The van der Waals surface area contributed by atoms with Gasteiger partial charge in [0.1, 0.15) is 6.07 Å². The molecule has 0 saturated carbocycles. The van der Waals surface area contributed by atoms with Gasteiger partial charge in [0.2, 0.25) is 0 Å². The van der Waals surface area contributed by atoms with Gasteiger partial charge in [-0.3, -0.25) is 4.98 Å². The minimum atomic E-state index is 0.588. The monoisotopic (exact) mass is 407 g/mol. The van der Waals surface area contributed by atoms with Gasteiger partial charge in [-0.15, -0.1) is 0 Å². The standard InChI is InChI=1S/C26H25N5/c1-29-11-13-31(14-12-29)23-6-5-19-15-21(4-3-20(19)16-23)25-7-8-26(30(25)2)24-9-10-28-18-22(24)17-27/h3-10,15-16,18H,11-14H2,1-2H3. The maximum absolute atomic E-state index is 9.44. The van der Waals surface area contributed by atoms with Crippen molar-refractivity contribution < 1.29 is 0 Å². The molecule has 5 nitrogen and oxygen atoms in total. The Labute approximate surface area is 182 Å². The first kappa shape index (κ1) is 19.3. The molecule has 1 fully saturated rings. The van der Waals surface area contributed by atoms with Gasteiger partial charge in [-0.05, 0) is 59.8 Å². The van der Waals surface area contributed by atoms with Gasteiger partial charge in [0.25, 0.3) is 0 Å². The molecule has 0 aliphatic carbocycles. The highest BCUT2D eigenvalue weighted by Crippen LogP contribution is 2.32. The highest BCUT2D eigenvalue weighted by molar-refractivity contribution is 5.90. The number of hydrogen-bond donors (Lipinski definition) is 0. The van der Waals surface area contributed by atoms with Crippen LogP contribution in [0.15, 0.2) is 67.0 Å². The number of rotatable bonds is 3. The molecule has 5 heteroatoms. The first-order valence-electron chi connectivity index (χ1n) is 10.6. The summed E-state index contributed by atoms with van der Waals surface area (Å²) >= 11 is 0. The maximum atomic E-state index is 9.44. The van der Waals surface area contributed by atoms with Crippen molar-refractivity contribution in [1.82, 2.24) is 14.5 Å². The number of anilines is 1. The molecule has 2 aromatic carbocycles. The molecule has 0 spiro atoms. The van der Waals surface area contributed by atoms with Crippen LogP contribution >= 0.6 is 0 Å². The number of nitriles is 1. The van der Waals surface area contributed by atoms with Crippen LogP contribution in [0.5, 0.6) is 0 Å². The Kier molecular flexibility index (Phi) is 4.93. The molecular weight excluding hydrogens is 382 g/mol. The van der Waals surface area contributed by atoms with Gasteiger partial charge in [0.05, 0.1) is 5.56 Å². The van der Waals surface area contributed by atoms with Crippen molar-refractivity contribution in [3.63, 3.8) is 0 Å². The normalized spacial score (nSPS) is 14.7. The fraction of sp³-hybridized carbons (Fsp3) is 0.231. The van der Waals surface area contributed by atoms with Crippen LogP contribution in [0.3, 0.4) is 0 Å². The number of pyridine rings is 1. The van der Waals surface area contributed by atoms with Crippen LogP contribution in [-0.4, -0.2) is 47.7 Å². The zero-order valence-electron chi connectivity index (χ0n) is 17.9. The largest absolute Gasteiger partial charge is 0.369 e. The van der Waals surface area contributed by atoms with E-state index in [-0.39, 0.29) is 0 Å². The quantitative estimate of drug-likeness (QED) is 0.501. The number of aromatic nitrogens is 2. The zero-order valence-corrected chi connectivity index (χ0v) is 17.9. The summed E-state index contributed by atoms with van der Waals surface area (Å²) in [5.41, 5.74) is 6.10. The second-order valence-electron chi connectivity index (χ2n) is 8.23. The SMILES string of the molecule is CN1CCN(c2ccc3cc(-c4ccc(-c5ccncc5C#N)n4C)ccc3c2)CC1. The molecular formula is C26H25N5. The van der Waals surface area contributed by atoms with E-state index < -0.39 is 0 Å². The Hall–Kier alpha value is -3.62. The van der Waals surface area contributed by atoms with E-state index >= 15 is 0 Å². The molecule has 31 heavy (non-hydrogen) atoms. The highest BCUT2D eigenvalue weighted by atomic mass is 15.2. The summed E-state index contributed by atoms with van der Waals surface area (Å²) in [6.45, 7) is 4.37. The van der Waals surface area contributed by atoms with Gasteiger partial charge in [-0.2, -0.15) is 5.26 Å². The molecule has 1 aliphatic rings. The van der Waals surface area contributed by atoms with Gasteiger partial charge in [0.15, 0.2) is 0 Å². The molecule has 0 bridgehead atoms. The Morgan fingerprint density at radius 3 is 2.39 bits per heavy atom. The summed E-state index contributed by atoms with van der Waals surface area (Å²) in [4.78, 5) is 8.93. The van der Waals surface area contributed by atoms with Gasteiger partial charge in [-0.1, -0.05) is 18.2 Å². The Morgan fingerprint density at radius 2 is 1.58 bits per heavy atom. The maximum Gasteiger partial charge on any atom is 0.101 e. The number of fused-ring (bicyclic) bond motifs is 1. The molecule has 0 unspecified atom stereocenters. The fourth-order valence-corrected chi connectivity index (χ4v) is 4.43. The van der Waals surface area contributed by atoms with Crippen LogP contribution in [0.1, 0.15) is 5.56 Å². The summed E-state index contributed by atoms with van der Waals surface area (Å²) in [7, 11) is 4.23. The third kappa shape index (κ3) is 3.56. The van der Waals surface area contributed by atoms with Crippen LogP contribution in [0.25, 0.3) is 33.3 Å². The predicted molar refractivity (Wildman–Crippen MR) is 126 cm³/mol. The van der Waals surface area contributed by atoms with Gasteiger partial charge >= 0.3 is 0 Å². The molecule has 3 heterocycles. The van der Waals surface area contributed by atoms with Crippen molar-refractivity contribution in [2.75, 3.05) is 38.1 Å². The summed E-state index contributed by atoms with van der Waals surface area (Å²) in [5.74, 6) is 0. The summed E-state index contributed by atoms with van der Waals surface area (Å²) < 4.78 is 2.15. The molecule has 0 N–H and O–H groups in total.